The van der Waals surface area contributed by atoms with Gasteiger partial charge in [0.25, 0.3) is 0 Å². The molecule has 2 aromatic carbocycles. The highest BCUT2D eigenvalue weighted by Gasteiger charge is 2.56. The fourth-order valence-corrected chi connectivity index (χ4v) is 5.12. The lowest BCUT2D eigenvalue weighted by atomic mass is 9.73. The minimum absolute atomic E-state index is 0.206. The number of amides is 1. The first kappa shape index (κ1) is 23.6. The zero-order valence-corrected chi connectivity index (χ0v) is 19.7. The maximum atomic E-state index is 14.2. The molecule has 3 aromatic rings. The fourth-order valence-electron chi connectivity index (χ4n) is 4.62. The zero-order chi connectivity index (χ0) is 24.2. The van der Waals surface area contributed by atoms with Crippen molar-refractivity contribution in [3.63, 3.8) is 0 Å². The van der Waals surface area contributed by atoms with Crippen LogP contribution in [-0.4, -0.2) is 34.4 Å². The number of carbonyl (C=O) groups is 1. The minimum atomic E-state index is -4.88. The topological polar surface area (TPSA) is 88.3 Å². The third kappa shape index (κ3) is 4.48. The van der Waals surface area contributed by atoms with Gasteiger partial charge < -0.3 is 20.6 Å². The van der Waals surface area contributed by atoms with Crippen LogP contribution in [0.4, 0.5) is 13.2 Å². The van der Waals surface area contributed by atoms with Gasteiger partial charge in [-0.3, -0.25) is 4.79 Å². The minimum Gasteiger partial charge on any atom is -0.493 e. The van der Waals surface area contributed by atoms with Crippen molar-refractivity contribution < 1.29 is 27.8 Å². The lowest BCUT2D eigenvalue weighted by Crippen LogP contribution is -2.51. The molecule has 0 fully saturated rings. The van der Waals surface area contributed by atoms with Gasteiger partial charge in [-0.1, -0.05) is 29.8 Å². The summed E-state index contributed by atoms with van der Waals surface area (Å²) in [5, 5.41) is 11.6. The third-order valence-corrected chi connectivity index (χ3v) is 6.64. The fraction of sp³-hybridized carbons (Fsp3) is 0.375. The Kier molecular flexibility index (Phi) is 5.77. The molecule has 0 saturated carbocycles. The lowest BCUT2D eigenvalue weighted by Gasteiger charge is -2.38. The van der Waals surface area contributed by atoms with Crippen molar-refractivity contribution in [3.05, 3.63) is 63.3 Å². The van der Waals surface area contributed by atoms with Crippen molar-refractivity contribution in [2.24, 2.45) is 5.73 Å². The number of benzene rings is 2. The Morgan fingerprint density at radius 2 is 1.94 bits per heavy atom. The second-order valence-corrected chi connectivity index (χ2v) is 10.2. The maximum absolute atomic E-state index is 14.2. The Labute approximate surface area is 197 Å². The van der Waals surface area contributed by atoms with Gasteiger partial charge in [0.1, 0.15) is 5.75 Å². The molecule has 0 spiro atoms. The van der Waals surface area contributed by atoms with Crippen molar-refractivity contribution >= 4 is 32.7 Å². The van der Waals surface area contributed by atoms with Gasteiger partial charge in [-0.25, -0.2) is 0 Å². The number of aliphatic hydroxyl groups is 1. The highest BCUT2D eigenvalue weighted by molar-refractivity contribution is 9.10. The van der Waals surface area contributed by atoms with Crippen molar-refractivity contribution in [2.45, 2.75) is 50.3 Å². The number of rotatable bonds is 6. The van der Waals surface area contributed by atoms with Crippen LogP contribution < -0.4 is 10.5 Å². The summed E-state index contributed by atoms with van der Waals surface area (Å²) in [6, 6.07) is 9.76. The summed E-state index contributed by atoms with van der Waals surface area (Å²) < 4.78 is 49.2. The largest absolute Gasteiger partial charge is 0.493 e. The Balaban J connectivity index is 1.70. The smallest absolute Gasteiger partial charge is 0.417 e. The van der Waals surface area contributed by atoms with Gasteiger partial charge in [0, 0.05) is 45.0 Å². The Hall–Kier alpha value is -2.52. The molecule has 9 heteroatoms. The Morgan fingerprint density at radius 1 is 1.21 bits per heavy atom. The second-order valence-electron chi connectivity index (χ2n) is 9.27. The van der Waals surface area contributed by atoms with Gasteiger partial charge in [-0.15, -0.1) is 0 Å². The van der Waals surface area contributed by atoms with Crippen molar-refractivity contribution in [1.29, 1.82) is 0 Å². The number of primary amides is 1. The molecule has 4 N–H and O–H groups in total. The predicted molar refractivity (Wildman–Crippen MR) is 123 cm³/mol. The van der Waals surface area contributed by atoms with E-state index < -0.39 is 35.9 Å². The van der Waals surface area contributed by atoms with E-state index in [0.29, 0.717) is 35.2 Å². The van der Waals surface area contributed by atoms with Crippen LogP contribution in [0.25, 0.3) is 10.9 Å². The van der Waals surface area contributed by atoms with E-state index in [9.17, 15) is 23.1 Å². The van der Waals surface area contributed by atoms with Gasteiger partial charge in [0.05, 0.1) is 6.61 Å². The number of H-pyrrole nitrogens is 1. The van der Waals surface area contributed by atoms with Gasteiger partial charge in [-0.05, 0) is 53.8 Å². The molecule has 0 saturated heterocycles. The standard InChI is InChI=1S/C24H24BrF3N2O3/c1-22(2,18-10-16(25)8-13-5-6-33-20(13)18)12-23(32,24(26,27)28)11-17-9-15-7-14(21(29)31)3-4-19(15)30-17/h3-4,7-10,30,32H,5-6,11-12H2,1-2H3,(H2,29,31). The molecule has 1 atom stereocenters. The van der Waals surface area contributed by atoms with E-state index in [1.807, 2.05) is 6.07 Å². The number of ether oxygens (including phenoxy) is 1. The molecule has 0 radical (unpaired) electrons. The molecule has 1 unspecified atom stereocenters. The summed E-state index contributed by atoms with van der Waals surface area (Å²) in [7, 11) is 0. The zero-order valence-electron chi connectivity index (χ0n) is 18.1. The molecule has 0 aliphatic carbocycles. The first-order valence-electron chi connectivity index (χ1n) is 10.5. The van der Waals surface area contributed by atoms with E-state index >= 15 is 0 Å². The van der Waals surface area contributed by atoms with E-state index in [1.165, 1.54) is 18.2 Å². The molecule has 1 aromatic heterocycles. The molecule has 1 aliphatic heterocycles. The molecule has 2 heterocycles. The number of alkyl halides is 3. The van der Waals surface area contributed by atoms with Crippen molar-refractivity contribution in [2.75, 3.05) is 6.61 Å². The van der Waals surface area contributed by atoms with Crippen LogP contribution in [0.15, 0.2) is 40.9 Å². The molecular weight excluding hydrogens is 501 g/mol. The van der Waals surface area contributed by atoms with Crippen molar-refractivity contribution in [3.8, 4) is 5.75 Å². The number of halogens is 4. The molecule has 176 valence electrons. The Bertz CT molecular complexity index is 1240. The van der Waals surface area contributed by atoms with E-state index in [-0.39, 0.29) is 11.3 Å². The molecule has 1 aliphatic rings. The number of aromatic amines is 1. The first-order chi connectivity index (χ1) is 15.3. The summed E-state index contributed by atoms with van der Waals surface area (Å²) >= 11 is 3.44. The number of fused-ring (bicyclic) bond motifs is 2. The van der Waals surface area contributed by atoms with Gasteiger partial charge >= 0.3 is 6.18 Å². The maximum Gasteiger partial charge on any atom is 0.417 e. The summed E-state index contributed by atoms with van der Waals surface area (Å²) in [5.74, 6) is -0.0331. The van der Waals surface area contributed by atoms with E-state index in [1.54, 1.807) is 26.0 Å². The normalized spacial score (nSPS) is 15.8. The monoisotopic (exact) mass is 524 g/mol. The number of nitrogens with two attached hydrogens (primary N) is 1. The van der Waals surface area contributed by atoms with Gasteiger partial charge in [-0.2, -0.15) is 13.2 Å². The average Bonchev–Trinajstić information content (AvgIpc) is 3.30. The molecular formula is C24H24BrF3N2O3. The van der Waals surface area contributed by atoms with E-state index in [0.717, 1.165) is 10.0 Å². The van der Waals surface area contributed by atoms with E-state index in [4.69, 9.17) is 10.5 Å². The number of hydrogen-bond donors (Lipinski definition) is 3. The van der Waals surface area contributed by atoms with E-state index in [2.05, 4.69) is 20.9 Å². The molecule has 33 heavy (non-hydrogen) atoms. The third-order valence-electron chi connectivity index (χ3n) is 6.18. The number of hydrogen-bond acceptors (Lipinski definition) is 3. The quantitative estimate of drug-likeness (QED) is 0.415. The van der Waals surface area contributed by atoms with Crippen LogP contribution in [0.1, 0.15) is 47.4 Å². The second kappa shape index (κ2) is 8.06. The first-order valence-corrected chi connectivity index (χ1v) is 11.2. The number of aromatic nitrogens is 1. The van der Waals surface area contributed by atoms with Crippen LogP contribution in [-0.2, 0) is 18.3 Å². The Morgan fingerprint density at radius 3 is 2.61 bits per heavy atom. The van der Waals surface area contributed by atoms with Crippen LogP contribution in [0, 0.1) is 0 Å². The highest BCUT2D eigenvalue weighted by Crippen LogP contribution is 2.47. The molecule has 4 rings (SSSR count). The summed E-state index contributed by atoms with van der Waals surface area (Å²) in [4.78, 5) is 14.3. The summed E-state index contributed by atoms with van der Waals surface area (Å²) in [6.07, 6.45) is -5.44. The van der Waals surface area contributed by atoms with Crippen LogP contribution in [0.3, 0.4) is 0 Å². The highest BCUT2D eigenvalue weighted by atomic mass is 79.9. The SMILES string of the molecule is CC(C)(CC(O)(Cc1cc2cc(C(N)=O)ccc2[nH]1)C(F)(F)F)c1cc(Br)cc2c1OCC2. The predicted octanol–water partition coefficient (Wildman–Crippen LogP) is 5.17. The van der Waals surface area contributed by atoms with Gasteiger partial charge in [0.15, 0.2) is 5.60 Å². The number of carbonyl (C=O) groups excluding carboxylic acids is 1. The lowest BCUT2D eigenvalue weighted by molar-refractivity contribution is -0.266. The molecule has 1 amide bonds. The molecule has 0 bridgehead atoms. The van der Waals surface area contributed by atoms with Gasteiger partial charge in [0.2, 0.25) is 5.91 Å². The van der Waals surface area contributed by atoms with Crippen LogP contribution in [0.2, 0.25) is 0 Å². The van der Waals surface area contributed by atoms with Crippen LogP contribution in [0.5, 0.6) is 5.75 Å². The average molecular weight is 525 g/mol. The summed E-state index contributed by atoms with van der Waals surface area (Å²) in [5.41, 5.74) is 3.81. The van der Waals surface area contributed by atoms with Crippen molar-refractivity contribution in [1.82, 2.24) is 4.98 Å². The molecule has 5 nitrogen and oxygen atoms in total. The van der Waals surface area contributed by atoms with Crippen LogP contribution >= 0.6 is 15.9 Å². The number of nitrogens with one attached hydrogen (secondary N) is 1. The summed E-state index contributed by atoms with van der Waals surface area (Å²) in [6.45, 7) is 3.83.